The first-order valence-electron chi connectivity index (χ1n) is 6.30. The third-order valence-electron chi connectivity index (χ3n) is 2.86. The van der Waals surface area contributed by atoms with Gasteiger partial charge < -0.3 is 20.1 Å². The number of hydrogen-bond donors (Lipinski definition) is 3. The minimum absolute atomic E-state index is 0.0794. The zero-order valence-electron chi connectivity index (χ0n) is 11.4. The molecule has 0 aliphatic rings. The summed E-state index contributed by atoms with van der Waals surface area (Å²) in [6.07, 6.45) is -3.34. The molecule has 1 aromatic carbocycles. The fourth-order valence-electron chi connectivity index (χ4n) is 1.79. The number of ether oxygens (including phenoxy) is 1. The van der Waals surface area contributed by atoms with E-state index in [2.05, 4.69) is 4.74 Å². The Balaban J connectivity index is 2.91. The second kappa shape index (κ2) is 7.67. The summed E-state index contributed by atoms with van der Waals surface area (Å²) in [5, 5.41) is 39.6. The number of hydrogen-bond acceptors (Lipinski definition) is 7. The molecule has 8 heteroatoms. The summed E-state index contributed by atoms with van der Waals surface area (Å²) in [6, 6.07) is 3.69. The van der Waals surface area contributed by atoms with Crippen LogP contribution in [0.1, 0.15) is 30.6 Å². The van der Waals surface area contributed by atoms with E-state index >= 15 is 0 Å². The summed E-state index contributed by atoms with van der Waals surface area (Å²) >= 11 is 0. The molecule has 116 valence electrons. The first-order chi connectivity index (χ1) is 9.90. The van der Waals surface area contributed by atoms with E-state index in [-0.39, 0.29) is 23.4 Å². The second-order valence-corrected chi connectivity index (χ2v) is 4.32. The molecule has 2 atom stereocenters. The first kappa shape index (κ1) is 17.0. The molecule has 0 saturated carbocycles. The van der Waals surface area contributed by atoms with E-state index in [0.29, 0.717) is 0 Å². The summed E-state index contributed by atoms with van der Waals surface area (Å²) in [6.45, 7) is 1.24. The maximum Gasteiger partial charge on any atom is 0.308 e. The SMILES string of the molecule is CCOC(=O)CC(O)C(O)c1ccc(CO)c([N+](=O)[O-])c1. The van der Waals surface area contributed by atoms with Crippen LogP contribution in [0, 0.1) is 10.1 Å². The van der Waals surface area contributed by atoms with E-state index in [0.717, 1.165) is 6.07 Å². The highest BCUT2D eigenvalue weighted by atomic mass is 16.6. The van der Waals surface area contributed by atoms with Crippen molar-refractivity contribution in [2.24, 2.45) is 0 Å². The number of benzene rings is 1. The minimum atomic E-state index is -1.47. The van der Waals surface area contributed by atoms with Crippen molar-refractivity contribution in [1.29, 1.82) is 0 Å². The van der Waals surface area contributed by atoms with E-state index in [1.54, 1.807) is 6.92 Å². The number of nitro groups is 1. The summed E-state index contributed by atoms with van der Waals surface area (Å²) < 4.78 is 4.65. The van der Waals surface area contributed by atoms with Crippen LogP contribution in [-0.2, 0) is 16.1 Å². The molecule has 0 radical (unpaired) electrons. The van der Waals surface area contributed by atoms with E-state index in [1.807, 2.05) is 0 Å². The Kier molecular flexibility index (Phi) is 6.22. The van der Waals surface area contributed by atoms with E-state index in [4.69, 9.17) is 5.11 Å². The zero-order valence-corrected chi connectivity index (χ0v) is 11.4. The average Bonchev–Trinajstić information content (AvgIpc) is 2.45. The highest BCUT2D eigenvalue weighted by molar-refractivity contribution is 5.70. The van der Waals surface area contributed by atoms with Crippen LogP contribution in [0.5, 0.6) is 0 Å². The summed E-state index contributed by atoms with van der Waals surface area (Å²) in [7, 11) is 0. The maximum atomic E-state index is 11.2. The quantitative estimate of drug-likeness (QED) is 0.378. The summed E-state index contributed by atoms with van der Waals surface area (Å²) in [5.41, 5.74) is -0.191. The van der Waals surface area contributed by atoms with Crippen LogP contribution in [-0.4, -0.2) is 38.9 Å². The normalized spacial score (nSPS) is 13.5. The Hall–Kier alpha value is -2.03. The van der Waals surface area contributed by atoms with Gasteiger partial charge in [0.25, 0.3) is 5.69 Å². The van der Waals surface area contributed by atoms with Crippen molar-refractivity contribution < 1.29 is 29.8 Å². The fraction of sp³-hybridized carbons (Fsp3) is 0.462. The maximum absolute atomic E-state index is 11.2. The molecule has 0 aliphatic carbocycles. The van der Waals surface area contributed by atoms with Crippen LogP contribution in [0.15, 0.2) is 18.2 Å². The third-order valence-corrected chi connectivity index (χ3v) is 2.86. The van der Waals surface area contributed by atoms with Crippen molar-refractivity contribution >= 4 is 11.7 Å². The average molecular weight is 299 g/mol. The van der Waals surface area contributed by atoms with Gasteiger partial charge in [-0.05, 0) is 18.6 Å². The van der Waals surface area contributed by atoms with Gasteiger partial charge in [0.1, 0.15) is 6.10 Å². The standard InChI is InChI=1S/C13H17NO7/c1-2-21-12(17)6-11(16)13(18)8-3-4-9(7-15)10(5-8)14(19)20/h3-5,11,13,15-16,18H,2,6-7H2,1H3. The lowest BCUT2D eigenvalue weighted by Crippen LogP contribution is -2.23. The van der Waals surface area contributed by atoms with Gasteiger partial charge in [-0.3, -0.25) is 14.9 Å². The van der Waals surface area contributed by atoms with Crippen LogP contribution in [0.2, 0.25) is 0 Å². The van der Waals surface area contributed by atoms with Gasteiger partial charge >= 0.3 is 5.97 Å². The van der Waals surface area contributed by atoms with E-state index in [1.165, 1.54) is 12.1 Å². The molecular weight excluding hydrogens is 282 g/mol. The molecule has 21 heavy (non-hydrogen) atoms. The lowest BCUT2D eigenvalue weighted by Gasteiger charge is -2.17. The Morgan fingerprint density at radius 2 is 2.10 bits per heavy atom. The van der Waals surface area contributed by atoms with E-state index < -0.39 is 36.1 Å². The molecule has 0 aliphatic heterocycles. The predicted octanol–water partition coefficient (Wildman–Crippen LogP) is 0.435. The fourth-order valence-corrected chi connectivity index (χ4v) is 1.79. The van der Waals surface area contributed by atoms with Crippen LogP contribution in [0.4, 0.5) is 5.69 Å². The molecule has 0 bridgehead atoms. The molecule has 0 fully saturated rings. The number of nitro benzene ring substituents is 1. The topological polar surface area (TPSA) is 130 Å². The molecule has 0 saturated heterocycles. The smallest absolute Gasteiger partial charge is 0.308 e. The van der Waals surface area contributed by atoms with Crippen LogP contribution >= 0.6 is 0 Å². The Morgan fingerprint density at radius 3 is 2.62 bits per heavy atom. The van der Waals surface area contributed by atoms with Crippen molar-refractivity contribution in [1.82, 2.24) is 0 Å². The zero-order chi connectivity index (χ0) is 16.0. The molecule has 0 spiro atoms. The molecule has 0 aromatic heterocycles. The van der Waals surface area contributed by atoms with Crippen molar-refractivity contribution in [3.63, 3.8) is 0 Å². The number of rotatable bonds is 7. The highest BCUT2D eigenvalue weighted by Gasteiger charge is 2.24. The molecule has 1 rings (SSSR count). The number of aliphatic hydroxyl groups excluding tert-OH is 3. The largest absolute Gasteiger partial charge is 0.466 e. The first-order valence-corrected chi connectivity index (χ1v) is 6.30. The van der Waals surface area contributed by atoms with E-state index in [9.17, 15) is 25.1 Å². The molecule has 1 aromatic rings. The van der Waals surface area contributed by atoms with Gasteiger partial charge in [-0.25, -0.2) is 0 Å². The Labute approximate surface area is 120 Å². The highest BCUT2D eigenvalue weighted by Crippen LogP contribution is 2.26. The van der Waals surface area contributed by atoms with Gasteiger partial charge in [-0.2, -0.15) is 0 Å². The number of aliphatic hydroxyl groups is 3. The van der Waals surface area contributed by atoms with Gasteiger partial charge in [0, 0.05) is 6.07 Å². The Morgan fingerprint density at radius 1 is 1.43 bits per heavy atom. The van der Waals surface area contributed by atoms with Gasteiger partial charge in [0.15, 0.2) is 0 Å². The number of esters is 1. The molecule has 0 amide bonds. The lowest BCUT2D eigenvalue weighted by molar-refractivity contribution is -0.386. The van der Waals surface area contributed by atoms with Crippen LogP contribution in [0.25, 0.3) is 0 Å². The minimum Gasteiger partial charge on any atom is -0.466 e. The molecule has 0 heterocycles. The predicted molar refractivity (Wildman–Crippen MR) is 71.2 cm³/mol. The molecular formula is C13H17NO7. The van der Waals surface area contributed by atoms with Crippen molar-refractivity contribution in [2.75, 3.05) is 6.61 Å². The van der Waals surface area contributed by atoms with Gasteiger partial charge in [-0.1, -0.05) is 6.07 Å². The van der Waals surface area contributed by atoms with Gasteiger partial charge in [0.05, 0.1) is 36.2 Å². The molecule has 3 N–H and O–H groups in total. The third kappa shape index (κ3) is 4.48. The van der Waals surface area contributed by atoms with Crippen molar-refractivity contribution in [2.45, 2.75) is 32.2 Å². The summed E-state index contributed by atoms with van der Waals surface area (Å²) in [5.74, 6) is -0.675. The Bertz CT molecular complexity index is 517. The number of nitrogens with zero attached hydrogens (tertiary/aromatic N) is 1. The molecule has 2 unspecified atom stereocenters. The van der Waals surface area contributed by atoms with Crippen molar-refractivity contribution in [3.8, 4) is 0 Å². The lowest BCUT2D eigenvalue weighted by atomic mass is 10.00. The van der Waals surface area contributed by atoms with Crippen LogP contribution in [0.3, 0.4) is 0 Å². The second-order valence-electron chi connectivity index (χ2n) is 4.32. The molecule has 8 nitrogen and oxygen atoms in total. The van der Waals surface area contributed by atoms with Gasteiger partial charge in [-0.15, -0.1) is 0 Å². The van der Waals surface area contributed by atoms with Crippen LogP contribution < -0.4 is 0 Å². The number of carbonyl (C=O) groups excluding carboxylic acids is 1. The number of carbonyl (C=O) groups is 1. The summed E-state index contributed by atoms with van der Waals surface area (Å²) in [4.78, 5) is 21.4. The van der Waals surface area contributed by atoms with Crippen molar-refractivity contribution in [3.05, 3.63) is 39.4 Å². The monoisotopic (exact) mass is 299 g/mol. The van der Waals surface area contributed by atoms with Gasteiger partial charge in [0.2, 0.25) is 0 Å².